The molecule has 0 spiro atoms. The summed E-state index contributed by atoms with van der Waals surface area (Å²) in [5, 5.41) is 0. The number of ketones is 1. The van der Waals surface area contributed by atoms with Crippen LogP contribution in [-0.2, 0) is 16.6 Å². The molecule has 5 nitrogen and oxygen atoms in total. The zero-order valence-corrected chi connectivity index (χ0v) is 14.7. The van der Waals surface area contributed by atoms with E-state index < -0.39 is 5.41 Å². The Morgan fingerprint density at radius 2 is 1.78 bits per heavy atom. The Balaban J connectivity index is 1.34. The van der Waals surface area contributed by atoms with E-state index in [1.54, 1.807) is 12.4 Å². The molecule has 27 heavy (non-hydrogen) atoms. The molecule has 2 aromatic carbocycles. The Bertz CT molecular complexity index is 996. The lowest BCUT2D eigenvalue weighted by atomic mass is 9.89. The third-order valence-electron chi connectivity index (χ3n) is 5.33. The van der Waals surface area contributed by atoms with Gasteiger partial charge in [0.05, 0.1) is 29.4 Å². The Morgan fingerprint density at radius 3 is 2.52 bits per heavy atom. The highest BCUT2D eigenvalue weighted by atomic mass is 16.7. The first-order valence-electron chi connectivity index (χ1n) is 9.04. The van der Waals surface area contributed by atoms with E-state index >= 15 is 0 Å². The molecule has 1 aliphatic carbocycles. The van der Waals surface area contributed by atoms with Crippen LogP contribution < -0.4 is 9.47 Å². The fraction of sp³-hybridized carbons (Fsp3) is 0.227. The predicted octanol–water partition coefficient (Wildman–Crippen LogP) is 3.72. The van der Waals surface area contributed by atoms with Gasteiger partial charge in [-0.3, -0.25) is 14.8 Å². The molecule has 0 radical (unpaired) electrons. The molecule has 3 aromatic rings. The first-order valence-corrected chi connectivity index (χ1v) is 9.04. The van der Waals surface area contributed by atoms with Gasteiger partial charge in [-0.15, -0.1) is 0 Å². The quantitative estimate of drug-likeness (QED) is 0.696. The molecule has 5 heteroatoms. The molecule has 1 aliphatic heterocycles. The van der Waals surface area contributed by atoms with Gasteiger partial charge in [-0.2, -0.15) is 0 Å². The molecule has 0 N–H and O–H groups in total. The molecule has 134 valence electrons. The van der Waals surface area contributed by atoms with Crippen molar-refractivity contribution in [1.29, 1.82) is 0 Å². The van der Waals surface area contributed by atoms with Gasteiger partial charge in [0, 0.05) is 11.8 Å². The van der Waals surface area contributed by atoms with Crippen LogP contribution in [0.25, 0.3) is 11.3 Å². The third kappa shape index (κ3) is 2.85. The highest BCUT2D eigenvalue weighted by molar-refractivity contribution is 5.94. The van der Waals surface area contributed by atoms with E-state index in [0.29, 0.717) is 5.69 Å². The third-order valence-corrected chi connectivity index (χ3v) is 5.33. The summed E-state index contributed by atoms with van der Waals surface area (Å²) in [7, 11) is 0. The summed E-state index contributed by atoms with van der Waals surface area (Å²) in [5.74, 6) is 1.64. The molecule has 5 rings (SSSR count). The predicted molar refractivity (Wildman–Crippen MR) is 99.7 cm³/mol. The number of benzene rings is 2. The van der Waals surface area contributed by atoms with Crippen molar-refractivity contribution >= 4 is 5.78 Å². The monoisotopic (exact) mass is 358 g/mol. The maximum absolute atomic E-state index is 13.0. The summed E-state index contributed by atoms with van der Waals surface area (Å²) >= 11 is 0. The zero-order chi connectivity index (χ0) is 18.3. The van der Waals surface area contributed by atoms with Gasteiger partial charge in [0.15, 0.2) is 11.5 Å². The van der Waals surface area contributed by atoms with Crippen molar-refractivity contribution in [2.24, 2.45) is 0 Å². The lowest BCUT2D eigenvalue weighted by molar-refractivity contribution is -0.120. The minimum Gasteiger partial charge on any atom is -0.454 e. The maximum atomic E-state index is 13.0. The van der Waals surface area contributed by atoms with Crippen LogP contribution >= 0.6 is 0 Å². The van der Waals surface area contributed by atoms with Crippen LogP contribution in [0.1, 0.15) is 24.1 Å². The summed E-state index contributed by atoms with van der Waals surface area (Å²) in [4.78, 5) is 21.9. The van der Waals surface area contributed by atoms with Crippen molar-refractivity contribution < 1.29 is 14.3 Å². The fourth-order valence-electron chi connectivity index (χ4n) is 3.59. The van der Waals surface area contributed by atoms with Crippen molar-refractivity contribution in [3.8, 4) is 22.8 Å². The number of Topliss-reactive ketones (excluding diaryl/α,β-unsaturated/α-hetero) is 1. The average molecular weight is 358 g/mol. The molecule has 1 fully saturated rings. The molecule has 1 aromatic heterocycles. The van der Waals surface area contributed by atoms with Gasteiger partial charge in [0.1, 0.15) is 5.78 Å². The fourth-order valence-corrected chi connectivity index (χ4v) is 3.59. The molecule has 0 atom stereocenters. The Kier molecular flexibility index (Phi) is 3.67. The number of fused-ring (bicyclic) bond motifs is 1. The van der Waals surface area contributed by atoms with E-state index in [0.717, 1.165) is 41.2 Å². The second-order valence-corrected chi connectivity index (χ2v) is 7.01. The molecular weight excluding hydrogens is 340 g/mol. The van der Waals surface area contributed by atoms with Gasteiger partial charge in [0.2, 0.25) is 6.79 Å². The molecular formula is C22H18N2O3. The largest absolute Gasteiger partial charge is 0.454 e. The van der Waals surface area contributed by atoms with E-state index in [-0.39, 0.29) is 19.0 Å². The number of ether oxygens (including phenoxy) is 2. The SMILES string of the molecule is O=C(Cc1cnc(-c2ccccc2)cn1)C1(c2ccc3c(c2)OCO3)CC1. The van der Waals surface area contributed by atoms with Gasteiger partial charge in [0.25, 0.3) is 0 Å². The number of aromatic nitrogens is 2. The van der Waals surface area contributed by atoms with Crippen molar-refractivity contribution in [3.63, 3.8) is 0 Å². The first kappa shape index (κ1) is 16.0. The lowest BCUT2D eigenvalue weighted by Crippen LogP contribution is -2.23. The number of rotatable bonds is 5. The summed E-state index contributed by atoms with van der Waals surface area (Å²) in [6.07, 6.45) is 5.45. The van der Waals surface area contributed by atoms with Crippen LogP contribution in [0.2, 0.25) is 0 Å². The maximum Gasteiger partial charge on any atom is 0.231 e. The van der Waals surface area contributed by atoms with Crippen molar-refractivity contribution in [2.45, 2.75) is 24.7 Å². The first-order chi connectivity index (χ1) is 13.2. The number of carbonyl (C=O) groups excluding carboxylic acids is 1. The Hall–Kier alpha value is -3.21. The minimum absolute atomic E-state index is 0.183. The number of carbonyl (C=O) groups is 1. The smallest absolute Gasteiger partial charge is 0.231 e. The molecule has 0 amide bonds. The molecule has 2 aliphatic rings. The molecule has 1 saturated carbocycles. The summed E-state index contributed by atoms with van der Waals surface area (Å²) in [5.41, 5.74) is 3.11. The highest BCUT2D eigenvalue weighted by Gasteiger charge is 2.51. The molecule has 0 unspecified atom stereocenters. The number of hydrogen-bond acceptors (Lipinski definition) is 5. The van der Waals surface area contributed by atoms with Gasteiger partial charge < -0.3 is 9.47 Å². The summed E-state index contributed by atoms with van der Waals surface area (Å²) in [6.45, 7) is 0.239. The minimum atomic E-state index is -0.416. The molecule has 2 heterocycles. The van der Waals surface area contributed by atoms with Gasteiger partial charge in [-0.05, 0) is 30.5 Å². The van der Waals surface area contributed by atoms with Crippen LogP contribution in [-0.4, -0.2) is 22.5 Å². The van der Waals surface area contributed by atoms with E-state index in [1.807, 2.05) is 48.5 Å². The van der Waals surface area contributed by atoms with E-state index in [9.17, 15) is 4.79 Å². The van der Waals surface area contributed by atoms with Crippen LogP contribution in [0.15, 0.2) is 60.9 Å². The van der Waals surface area contributed by atoms with Crippen LogP contribution in [0.4, 0.5) is 0 Å². The number of nitrogens with zero attached hydrogens (tertiary/aromatic N) is 2. The topological polar surface area (TPSA) is 61.3 Å². The van der Waals surface area contributed by atoms with Crippen molar-refractivity contribution in [2.75, 3.05) is 6.79 Å². The molecule has 0 saturated heterocycles. The van der Waals surface area contributed by atoms with Crippen LogP contribution in [0.5, 0.6) is 11.5 Å². The van der Waals surface area contributed by atoms with Crippen LogP contribution in [0.3, 0.4) is 0 Å². The second-order valence-electron chi connectivity index (χ2n) is 7.01. The number of hydrogen-bond donors (Lipinski definition) is 0. The van der Waals surface area contributed by atoms with E-state index in [1.165, 1.54) is 0 Å². The van der Waals surface area contributed by atoms with Crippen molar-refractivity contribution in [1.82, 2.24) is 9.97 Å². The average Bonchev–Trinajstić information content (AvgIpc) is 3.40. The van der Waals surface area contributed by atoms with Gasteiger partial charge in [-0.1, -0.05) is 36.4 Å². The highest BCUT2D eigenvalue weighted by Crippen LogP contribution is 2.51. The van der Waals surface area contributed by atoms with Gasteiger partial charge in [-0.25, -0.2) is 0 Å². The second kappa shape index (κ2) is 6.20. The van der Waals surface area contributed by atoms with Gasteiger partial charge >= 0.3 is 0 Å². The normalized spacial score (nSPS) is 16.1. The summed E-state index contributed by atoms with van der Waals surface area (Å²) < 4.78 is 10.8. The Morgan fingerprint density at radius 1 is 0.963 bits per heavy atom. The standard InChI is InChI=1S/C22H18N2O3/c25-21(11-17-12-24-18(13-23-17)15-4-2-1-3-5-15)22(8-9-22)16-6-7-19-20(10-16)27-14-26-19/h1-7,10,12-13H,8-9,11,14H2. The Labute approximate surface area is 157 Å². The van der Waals surface area contributed by atoms with Crippen molar-refractivity contribution in [3.05, 3.63) is 72.2 Å². The van der Waals surface area contributed by atoms with E-state index in [4.69, 9.17) is 9.47 Å². The van der Waals surface area contributed by atoms with Crippen LogP contribution in [0, 0.1) is 0 Å². The lowest BCUT2D eigenvalue weighted by Gasteiger charge is -2.15. The molecule has 0 bridgehead atoms. The van der Waals surface area contributed by atoms with E-state index in [2.05, 4.69) is 9.97 Å². The summed E-state index contributed by atoms with van der Waals surface area (Å²) in [6, 6.07) is 15.7. The zero-order valence-electron chi connectivity index (χ0n) is 14.7.